The summed E-state index contributed by atoms with van der Waals surface area (Å²) >= 11 is 0. The van der Waals surface area contributed by atoms with Crippen molar-refractivity contribution in [3.8, 4) is 11.5 Å². The van der Waals surface area contributed by atoms with Crippen molar-refractivity contribution in [1.29, 1.82) is 0 Å². The lowest BCUT2D eigenvalue weighted by molar-refractivity contribution is -0.274. The topological polar surface area (TPSA) is 116 Å². The fraction of sp³-hybridized carbons (Fsp3) is 0.314. The van der Waals surface area contributed by atoms with E-state index in [1.165, 1.54) is 7.05 Å². The van der Waals surface area contributed by atoms with Crippen LogP contribution >= 0.6 is 0 Å². The van der Waals surface area contributed by atoms with Crippen LogP contribution in [0.25, 0.3) is 0 Å². The predicted octanol–water partition coefficient (Wildman–Crippen LogP) is 5.21. The predicted molar refractivity (Wildman–Crippen MR) is 161 cm³/mol. The number of aromatic hydroxyl groups is 1. The van der Waals surface area contributed by atoms with Crippen LogP contribution in [0, 0.1) is 30.6 Å². The number of alkyl halides is 3. The van der Waals surface area contributed by atoms with Crippen molar-refractivity contribution in [2.24, 2.45) is 23.7 Å². The second kappa shape index (κ2) is 10.7. The number of imide groups is 2. The number of anilines is 1. The zero-order valence-corrected chi connectivity index (χ0v) is 25.3. The highest BCUT2D eigenvalue weighted by atomic mass is 19.4. The number of nitrogens with one attached hydrogen (secondary N) is 1. The molecule has 0 spiro atoms. The van der Waals surface area contributed by atoms with Gasteiger partial charge in [-0.3, -0.25) is 29.5 Å². The van der Waals surface area contributed by atoms with Gasteiger partial charge in [-0.2, -0.15) is 5.01 Å². The molecular formula is C35H30F3N3O6. The van der Waals surface area contributed by atoms with Crippen LogP contribution < -0.4 is 10.2 Å². The number of amides is 4. The van der Waals surface area contributed by atoms with Gasteiger partial charge in [0, 0.05) is 18.5 Å². The van der Waals surface area contributed by atoms with E-state index in [1.54, 1.807) is 60.7 Å². The SMILES string of the molecule is Cc1ccc(NN2C(=O)C3CC4C(=CCC5C(=O)N(C)C(=O)C54)C(c4cc(OC(F)(F)F)ccc4O)C3(c3ccccc3)C2=O)cc1. The van der Waals surface area contributed by atoms with Crippen molar-refractivity contribution < 1.29 is 42.2 Å². The number of aryl methyl sites for hydroxylation is 1. The molecule has 4 amide bonds. The number of ether oxygens (including phenoxy) is 1. The molecular weight excluding hydrogens is 615 g/mol. The van der Waals surface area contributed by atoms with Crippen LogP contribution in [-0.4, -0.2) is 52.1 Å². The van der Waals surface area contributed by atoms with Crippen LogP contribution in [0.2, 0.25) is 0 Å². The molecule has 7 rings (SSSR count). The Morgan fingerprint density at radius 2 is 1.62 bits per heavy atom. The van der Waals surface area contributed by atoms with Gasteiger partial charge in [-0.25, -0.2) is 0 Å². The van der Waals surface area contributed by atoms with Gasteiger partial charge in [-0.05, 0) is 61.6 Å². The van der Waals surface area contributed by atoms with Gasteiger partial charge in [0.05, 0.1) is 28.9 Å². The molecule has 6 atom stereocenters. The van der Waals surface area contributed by atoms with Gasteiger partial charge in [0.1, 0.15) is 11.5 Å². The zero-order chi connectivity index (χ0) is 33.4. The number of likely N-dealkylation sites (tertiary alicyclic amines) is 1. The maximum absolute atomic E-state index is 15.0. The summed E-state index contributed by atoms with van der Waals surface area (Å²) in [6, 6.07) is 18.6. The van der Waals surface area contributed by atoms with Crippen LogP contribution in [0.15, 0.2) is 84.4 Å². The van der Waals surface area contributed by atoms with Gasteiger partial charge in [-0.1, -0.05) is 59.7 Å². The molecule has 2 N–H and O–H groups in total. The molecule has 2 heterocycles. The third-order valence-electron chi connectivity index (χ3n) is 10.2. The van der Waals surface area contributed by atoms with Crippen LogP contribution in [0.1, 0.15) is 35.4 Å². The first kappa shape index (κ1) is 30.5. The Labute approximate surface area is 267 Å². The average molecular weight is 646 g/mol. The number of allylic oxidation sites excluding steroid dienone is 2. The smallest absolute Gasteiger partial charge is 0.508 e. The molecule has 0 aromatic heterocycles. The highest BCUT2D eigenvalue weighted by molar-refractivity contribution is 6.13. The molecule has 1 saturated carbocycles. The second-order valence-corrected chi connectivity index (χ2v) is 12.6. The molecule has 6 unspecified atom stereocenters. The molecule has 3 aromatic rings. The molecule has 0 radical (unpaired) electrons. The Bertz CT molecular complexity index is 1840. The lowest BCUT2D eigenvalue weighted by Gasteiger charge is -2.50. The van der Waals surface area contributed by atoms with E-state index in [4.69, 9.17) is 0 Å². The van der Waals surface area contributed by atoms with E-state index < -0.39 is 70.6 Å². The molecule has 3 aromatic carbocycles. The summed E-state index contributed by atoms with van der Waals surface area (Å²) in [5.74, 6) is -7.67. The van der Waals surface area contributed by atoms with Gasteiger partial charge < -0.3 is 9.84 Å². The number of carbonyl (C=O) groups excluding carboxylic acids is 4. The quantitative estimate of drug-likeness (QED) is 0.289. The lowest BCUT2D eigenvalue weighted by atomic mass is 9.49. The number of fused-ring (bicyclic) bond motifs is 4. The number of rotatable bonds is 5. The third kappa shape index (κ3) is 4.60. The molecule has 3 fully saturated rings. The Morgan fingerprint density at radius 3 is 2.30 bits per heavy atom. The largest absolute Gasteiger partial charge is 0.573 e. The summed E-state index contributed by atoms with van der Waals surface area (Å²) < 4.78 is 44.5. The van der Waals surface area contributed by atoms with Gasteiger partial charge >= 0.3 is 6.36 Å². The van der Waals surface area contributed by atoms with E-state index in [0.29, 0.717) is 16.8 Å². The lowest BCUT2D eigenvalue weighted by Crippen LogP contribution is -2.53. The highest BCUT2D eigenvalue weighted by Crippen LogP contribution is 2.65. The van der Waals surface area contributed by atoms with E-state index >= 15 is 4.79 Å². The number of hydrogen-bond donors (Lipinski definition) is 2. The van der Waals surface area contributed by atoms with Crippen LogP contribution in [0.3, 0.4) is 0 Å². The summed E-state index contributed by atoms with van der Waals surface area (Å²) in [4.78, 5) is 57.3. The van der Waals surface area contributed by atoms with E-state index in [1.807, 2.05) is 6.92 Å². The van der Waals surface area contributed by atoms with Crippen molar-refractivity contribution in [1.82, 2.24) is 9.91 Å². The van der Waals surface area contributed by atoms with Crippen molar-refractivity contribution in [2.45, 2.75) is 37.5 Å². The van der Waals surface area contributed by atoms with Crippen molar-refractivity contribution >= 4 is 29.3 Å². The van der Waals surface area contributed by atoms with Crippen LogP contribution in [-0.2, 0) is 24.6 Å². The number of hydrazine groups is 1. The molecule has 0 bridgehead atoms. The van der Waals surface area contributed by atoms with Crippen molar-refractivity contribution in [3.05, 3.63) is 101 Å². The number of hydrogen-bond acceptors (Lipinski definition) is 7. The van der Waals surface area contributed by atoms with E-state index in [9.17, 15) is 32.7 Å². The summed E-state index contributed by atoms with van der Waals surface area (Å²) in [5.41, 5.74) is 3.44. The molecule has 2 saturated heterocycles. The molecule has 2 aliphatic heterocycles. The van der Waals surface area contributed by atoms with Gasteiger partial charge in [0.25, 0.3) is 11.8 Å². The summed E-state index contributed by atoms with van der Waals surface area (Å²) in [6.07, 6.45) is -3.13. The summed E-state index contributed by atoms with van der Waals surface area (Å²) in [6.45, 7) is 1.89. The number of nitrogens with zero attached hydrogens (tertiary/aromatic N) is 2. The summed E-state index contributed by atoms with van der Waals surface area (Å²) in [7, 11) is 1.40. The fourth-order valence-corrected chi connectivity index (χ4v) is 8.21. The molecule has 47 heavy (non-hydrogen) atoms. The highest BCUT2D eigenvalue weighted by Gasteiger charge is 2.70. The Kier molecular flexibility index (Phi) is 6.96. The van der Waals surface area contributed by atoms with Gasteiger partial charge in [0.15, 0.2) is 0 Å². The fourth-order valence-electron chi connectivity index (χ4n) is 8.21. The first-order chi connectivity index (χ1) is 22.3. The van der Waals surface area contributed by atoms with Crippen LogP contribution in [0.4, 0.5) is 18.9 Å². The number of benzene rings is 3. The second-order valence-electron chi connectivity index (χ2n) is 12.6. The van der Waals surface area contributed by atoms with Crippen LogP contribution in [0.5, 0.6) is 11.5 Å². The van der Waals surface area contributed by atoms with E-state index in [-0.39, 0.29) is 24.3 Å². The first-order valence-electron chi connectivity index (χ1n) is 15.2. The van der Waals surface area contributed by atoms with Gasteiger partial charge in [-0.15, -0.1) is 13.2 Å². The molecule has 9 nitrogen and oxygen atoms in total. The van der Waals surface area contributed by atoms with Crippen molar-refractivity contribution in [3.63, 3.8) is 0 Å². The van der Waals surface area contributed by atoms with E-state index in [0.717, 1.165) is 33.7 Å². The molecule has 4 aliphatic rings. The normalized spacial score (nSPS) is 28.5. The van der Waals surface area contributed by atoms with Crippen molar-refractivity contribution in [2.75, 3.05) is 12.5 Å². The monoisotopic (exact) mass is 645 g/mol. The minimum absolute atomic E-state index is 0.0153. The minimum Gasteiger partial charge on any atom is -0.508 e. The Hall–Kier alpha value is -5.13. The number of carbonyl (C=O) groups is 4. The first-order valence-corrected chi connectivity index (χ1v) is 15.2. The molecule has 2 aliphatic carbocycles. The number of phenolic OH excluding ortho intramolecular Hbond substituents is 1. The maximum atomic E-state index is 15.0. The Balaban J connectivity index is 1.48. The number of halogens is 3. The molecule has 242 valence electrons. The molecule has 12 heteroatoms. The third-order valence-corrected chi connectivity index (χ3v) is 10.2. The zero-order valence-electron chi connectivity index (χ0n) is 25.3. The summed E-state index contributed by atoms with van der Waals surface area (Å²) in [5, 5.41) is 12.3. The average Bonchev–Trinajstić information content (AvgIpc) is 3.39. The minimum atomic E-state index is -5.05. The Morgan fingerprint density at radius 1 is 0.915 bits per heavy atom. The van der Waals surface area contributed by atoms with Gasteiger partial charge in [0.2, 0.25) is 11.8 Å². The van der Waals surface area contributed by atoms with E-state index in [2.05, 4.69) is 10.2 Å². The number of phenols is 1. The standard InChI is InChI=1S/C35H30F3N3O6/c1-18-8-10-20(11-9-18)39-41-31(44)26-17-24-22(13-14-23-28(24)32(45)40(2)30(23)43)29(34(26,33(41)46)19-6-4-3-5-7-19)25-16-21(12-15-27(25)42)47-35(36,37)38/h3-13,15-16,23-24,26,28-29,39,42H,14,17H2,1-2H3. The maximum Gasteiger partial charge on any atom is 0.573 e.